The molecule has 162 valence electrons. The van der Waals surface area contributed by atoms with Crippen molar-refractivity contribution in [2.45, 2.75) is 13.1 Å². The predicted molar refractivity (Wildman–Crippen MR) is 103 cm³/mol. The number of rotatable bonds is 5. The van der Waals surface area contributed by atoms with Crippen LogP contribution in [0.2, 0.25) is 5.02 Å². The first-order valence-corrected chi connectivity index (χ1v) is 9.00. The van der Waals surface area contributed by atoms with Crippen LogP contribution in [0.4, 0.5) is 27.6 Å². The minimum absolute atomic E-state index is 0.0264. The van der Waals surface area contributed by atoms with Crippen LogP contribution in [-0.2, 0) is 0 Å². The molecule has 2 aromatic carbocycles. The van der Waals surface area contributed by atoms with E-state index >= 15 is 0 Å². The maximum absolute atomic E-state index is 14.8. The third-order valence-electron chi connectivity index (χ3n) is 3.94. The Bertz CT molecular complexity index is 1120. The van der Waals surface area contributed by atoms with Crippen LogP contribution in [0.3, 0.4) is 0 Å². The summed E-state index contributed by atoms with van der Waals surface area (Å²) in [5.41, 5.74) is -0.770. The Morgan fingerprint density at radius 3 is 2.55 bits per heavy atom. The highest BCUT2D eigenvalue weighted by molar-refractivity contribution is 6.34. The smallest absolute Gasteiger partial charge is 0.422 e. The highest BCUT2D eigenvalue weighted by Crippen LogP contribution is 2.32. The van der Waals surface area contributed by atoms with Gasteiger partial charge >= 0.3 is 6.18 Å². The molecule has 0 spiro atoms. The molecule has 11 heteroatoms. The Labute approximate surface area is 177 Å². The summed E-state index contributed by atoms with van der Waals surface area (Å²) in [6.45, 7) is -0.145. The van der Waals surface area contributed by atoms with Crippen LogP contribution in [0.5, 0.6) is 5.75 Å². The number of ether oxygens (including phenoxy) is 1. The molecule has 0 bridgehead atoms. The fraction of sp³-hybridized carbons (Fsp3) is 0.150. The number of anilines is 1. The number of para-hydroxylation sites is 1. The normalized spacial score (nSPS) is 11.3. The molecule has 0 radical (unpaired) electrons. The van der Waals surface area contributed by atoms with Gasteiger partial charge in [-0.1, -0.05) is 17.7 Å². The summed E-state index contributed by atoms with van der Waals surface area (Å²) in [6.07, 6.45) is -2.11. The average molecular weight is 458 g/mol. The van der Waals surface area contributed by atoms with Gasteiger partial charge in [0.2, 0.25) is 0 Å². The number of carbonyl (C=O) groups is 1. The van der Waals surface area contributed by atoms with Crippen molar-refractivity contribution in [1.82, 2.24) is 9.97 Å². The van der Waals surface area contributed by atoms with Gasteiger partial charge in [-0.05, 0) is 31.2 Å². The molecule has 0 aliphatic heterocycles. The summed E-state index contributed by atoms with van der Waals surface area (Å²) in [7, 11) is 0. The summed E-state index contributed by atoms with van der Waals surface area (Å²) in [4.78, 5) is 20.6. The molecular formula is C20H13ClF5N3O2. The number of hydrogen-bond acceptors (Lipinski definition) is 4. The first kappa shape index (κ1) is 22.4. The molecule has 1 amide bonds. The van der Waals surface area contributed by atoms with E-state index in [1.807, 2.05) is 0 Å². The van der Waals surface area contributed by atoms with E-state index in [4.69, 9.17) is 16.3 Å². The average Bonchev–Trinajstić information content (AvgIpc) is 2.69. The lowest BCUT2D eigenvalue weighted by molar-refractivity contribution is -0.153. The van der Waals surface area contributed by atoms with Crippen LogP contribution >= 0.6 is 11.6 Å². The molecule has 0 aliphatic rings. The fourth-order valence-electron chi connectivity index (χ4n) is 2.60. The van der Waals surface area contributed by atoms with Crippen LogP contribution in [0.25, 0.3) is 11.3 Å². The van der Waals surface area contributed by atoms with Crippen LogP contribution < -0.4 is 10.1 Å². The maximum atomic E-state index is 14.8. The molecule has 0 atom stereocenters. The van der Waals surface area contributed by atoms with E-state index in [1.54, 1.807) is 6.92 Å². The zero-order valence-electron chi connectivity index (χ0n) is 15.7. The molecule has 31 heavy (non-hydrogen) atoms. The van der Waals surface area contributed by atoms with Gasteiger partial charge < -0.3 is 10.1 Å². The van der Waals surface area contributed by atoms with Gasteiger partial charge in [0.15, 0.2) is 6.61 Å². The summed E-state index contributed by atoms with van der Waals surface area (Å²) in [5.74, 6) is -3.55. The van der Waals surface area contributed by atoms with Crippen molar-refractivity contribution in [3.63, 3.8) is 0 Å². The van der Waals surface area contributed by atoms with E-state index in [1.165, 1.54) is 24.5 Å². The van der Waals surface area contributed by atoms with Crippen LogP contribution in [0.15, 0.2) is 42.7 Å². The quantitative estimate of drug-likeness (QED) is 0.508. The lowest BCUT2D eigenvalue weighted by Crippen LogP contribution is -2.22. The molecule has 0 unspecified atom stereocenters. The van der Waals surface area contributed by atoms with E-state index in [0.717, 1.165) is 12.1 Å². The molecule has 0 saturated carbocycles. The number of halogens is 6. The van der Waals surface area contributed by atoms with Gasteiger partial charge in [-0.15, -0.1) is 0 Å². The standard InChI is InChI=1S/C20H13ClF5N3O2/c1-10-7-27-8-16(28-10)11-6-17(31-9-20(24,25)26)12(5-15(11)23)19(30)29-18-13(21)3-2-4-14(18)22/h2-8H,9H2,1H3,(H,29,30). The summed E-state index contributed by atoms with van der Waals surface area (Å²) < 4.78 is 71.5. The Balaban J connectivity index is 2.05. The van der Waals surface area contributed by atoms with Crippen LogP contribution in [0.1, 0.15) is 16.1 Å². The topological polar surface area (TPSA) is 64.1 Å². The summed E-state index contributed by atoms with van der Waals surface area (Å²) in [5, 5.41) is 1.97. The second-order valence-corrected chi connectivity index (χ2v) is 6.74. The van der Waals surface area contributed by atoms with E-state index in [0.29, 0.717) is 11.8 Å². The van der Waals surface area contributed by atoms with Crippen LogP contribution in [0, 0.1) is 18.6 Å². The molecule has 1 heterocycles. The lowest BCUT2D eigenvalue weighted by Gasteiger charge is -2.16. The van der Waals surface area contributed by atoms with Crippen molar-refractivity contribution < 1.29 is 31.5 Å². The SMILES string of the molecule is Cc1cncc(-c2cc(OCC(F)(F)F)c(C(=O)Nc3c(F)cccc3Cl)cc2F)n1. The Morgan fingerprint density at radius 1 is 1.16 bits per heavy atom. The second-order valence-electron chi connectivity index (χ2n) is 6.33. The summed E-state index contributed by atoms with van der Waals surface area (Å²) in [6, 6.07) is 5.18. The lowest BCUT2D eigenvalue weighted by atomic mass is 10.1. The third-order valence-corrected chi connectivity index (χ3v) is 4.25. The van der Waals surface area contributed by atoms with Gasteiger partial charge in [0.25, 0.3) is 5.91 Å². The zero-order chi connectivity index (χ0) is 22.8. The Hall–Kier alpha value is -3.27. The number of carbonyl (C=O) groups excluding carboxylic acids is 1. The molecule has 0 fully saturated rings. The van der Waals surface area contributed by atoms with Gasteiger partial charge in [-0.3, -0.25) is 9.78 Å². The van der Waals surface area contributed by atoms with Crippen molar-refractivity contribution in [2.75, 3.05) is 11.9 Å². The van der Waals surface area contributed by atoms with Gasteiger partial charge in [-0.2, -0.15) is 13.2 Å². The number of aryl methyl sites for hydroxylation is 1. The van der Waals surface area contributed by atoms with Crippen LogP contribution in [-0.4, -0.2) is 28.7 Å². The molecular weight excluding hydrogens is 445 g/mol. The first-order chi connectivity index (χ1) is 14.5. The number of nitrogens with zero attached hydrogens (tertiary/aromatic N) is 2. The number of aromatic nitrogens is 2. The largest absolute Gasteiger partial charge is 0.483 e. The Kier molecular flexibility index (Phi) is 6.40. The second kappa shape index (κ2) is 8.84. The maximum Gasteiger partial charge on any atom is 0.422 e. The van der Waals surface area contributed by atoms with Gasteiger partial charge in [-0.25, -0.2) is 13.8 Å². The number of amides is 1. The van der Waals surface area contributed by atoms with Gasteiger partial charge in [0.1, 0.15) is 17.4 Å². The van der Waals surface area contributed by atoms with Crippen molar-refractivity contribution in [3.05, 3.63) is 70.6 Å². The minimum Gasteiger partial charge on any atom is -0.483 e. The van der Waals surface area contributed by atoms with Gasteiger partial charge in [0, 0.05) is 11.8 Å². The van der Waals surface area contributed by atoms with Gasteiger partial charge in [0.05, 0.1) is 33.9 Å². The van der Waals surface area contributed by atoms with Crippen molar-refractivity contribution >= 4 is 23.2 Å². The van der Waals surface area contributed by atoms with E-state index in [9.17, 15) is 26.7 Å². The number of alkyl halides is 3. The first-order valence-electron chi connectivity index (χ1n) is 8.62. The fourth-order valence-corrected chi connectivity index (χ4v) is 2.81. The van der Waals surface area contributed by atoms with E-state index in [2.05, 4.69) is 15.3 Å². The minimum atomic E-state index is -4.72. The molecule has 0 saturated heterocycles. The zero-order valence-corrected chi connectivity index (χ0v) is 16.5. The predicted octanol–water partition coefficient (Wildman–Crippen LogP) is 5.58. The van der Waals surface area contributed by atoms with Crippen molar-refractivity contribution in [3.8, 4) is 17.0 Å². The molecule has 3 aromatic rings. The third kappa shape index (κ3) is 5.46. The number of nitrogens with one attached hydrogen (secondary N) is 1. The molecule has 5 nitrogen and oxygen atoms in total. The highest BCUT2D eigenvalue weighted by atomic mass is 35.5. The molecule has 0 aliphatic carbocycles. The van der Waals surface area contributed by atoms with E-state index in [-0.39, 0.29) is 16.3 Å². The molecule has 1 aromatic heterocycles. The summed E-state index contributed by atoms with van der Waals surface area (Å²) >= 11 is 5.85. The molecule has 1 N–H and O–H groups in total. The van der Waals surface area contributed by atoms with Crippen molar-refractivity contribution in [1.29, 1.82) is 0 Å². The van der Waals surface area contributed by atoms with E-state index < -0.39 is 47.3 Å². The number of hydrogen-bond donors (Lipinski definition) is 1. The monoisotopic (exact) mass is 457 g/mol. The Morgan fingerprint density at radius 2 is 1.90 bits per heavy atom. The van der Waals surface area contributed by atoms with Crippen molar-refractivity contribution in [2.24, 2.45) is 0 Å². The highest BCUT2D eigenvalue weighted by Gasteiger charge is 2.30. The molecule has 3 rings (SSSR count). The number of benzene rings is 2.